The number of benzene rings is 1. The molecule has 1 aliphatic rings. The summed E-state index contributed by atoms with van der Waals surface area (Å²) < 4.78 is 10.6. The van der Waals surface area contributed by atoms with Crippen LogP contribution in [0.15, 0.2) is 29.2 Å². The number of rotatable bonds is 7. The third-order valence-electron chi connectivity index (χ3n) is 3.74. The highest BCUT2D eigenvalue weighted by molar-refractivity contribution is 8.00. The van der Waals surface area contributed by atoms with Crippen LogP contribution in [-0.2, 0) is 9.47 Å². The van der Waals surface area contributed by atoms with Crippen molar-refractivity contribution in [2.45, 2.75) is 55.1 Å². The number of thioether (sulfide) groups is 1. The lowest BCUT2D eigenvalue weighted by Gasteiger charge is -2.24. The Morgan fingerprint density at radius 3 is 2.45 bits per heavy atom. The summed E-state index contributed by atoms with van der Waals surface area (Å²) in [5.74, 6) is 0. The molecular weight excluding hydrogens is 270 g/mol. The average molecular weight is 295 g/mol. The molecule has 1 fully saturated rings. The monoisotopic (exact) mass is 295 g/mol. The van der Waals surface area contributed by atoms with Crippen LogP contribution in [0, 0.1) is 0 Å². The quantitative estimate of drug-likeness (QED) is 0.766. The molecule has 0 amide bonds. The van der Waals surface area contributed by atoms with Gasteiger partial charge in [-0.2, -0.15) is 0 Å². The molecule has 1 unspecified atom stereocenters. The molecule has 1 aromatic carbocycles. The molecule has 2 rings (SSSR count). The van der Waals surface area contributed by atoms with Crippen molar-refractivity contribution in [2.24, 2.45) is 0 Å². The number of hydrogen-bond donors (Lipinski definition) is 1. The summed E-state index contributed by atoms with van der Waals surface area (Å²) in [7, 11) is 3.34. The molecule has 1 N–H and O–H groups in total. The molecule has 0 aromatic heterocycles. The Balaban J connectivity index is 2.03. The van der Waals surface area contributed by atoms with Gasteiger partial charge in [0.1, 0.15) is 0 Å². The minimum Gasteiger partial charge on any atom is -0.377 e. The van der Waals surface area contributed by atoms with Crippen LogP contribution in [0.25, 0.3) is 0 Å². The molecule has 1 saturated carbocycles. The normalized spacial score (nSPS) is 17.6. The van der Waals surface area contributed by atoms with Crippen molar-refractivity contribution in [1.82, 2.24) is 0 Å². The van der Waals surface area contributed by atoms with Crippen LogP contribution < -0.4 is 5.32 Å². The fraction of sp³-hybridized carbons (Fsp3) is 0.625. The molecule has 0 heterocycles. The summed E-state index contributed by atoms with van der Waals surface area (Å²) in [4.78, 5) is 1.33. The van der Waals surface area contributed by atoms with E-state index in [2.05, 4.69) is 36.5 Å². The second-order valence-corrected chi connectivity index (χ2v) is 6.64. The Morgan fingerprint density at radius 2 is 1.80 bits per heavy atom. The maximum absolute atomic E-state index is 5.32. The maximum atomic E-state index is 5.32. The van der Waals surface area contributed by atoms with Crippen molar-refractivity contribution in [3.05, 3.63) is 24.3 Å². The van der Waals surface area contributed by atoms with Crippen LogP contribution in [0.4, 0.5) is 5.69 Å². The third-order valence-corrected chi connectivity index (χ3v) is 5.15. The molecule has 0 radical (unpaired) electrons. The number of hydrogen-bond acceptors (Lipinski definition) is 4. The molecule has 4 heteroatoms. The van der Waals surface area contributed by atoms with Gasteiger partial charge in [0.05, 0.1) is 6.04 Å². The SMILES string of the molecule is COC(OC)C(C)Nc1ccccc1SC1CCCC1. The highest BCUT2D eigenvalue weighted by Gasteiger charge is 2.20. The van der Waals surface area contributed by atoms with E-state index in [1.807, 2.05) is 11.8 Å². The summed E-state index contributed by atoms with van der Waals surface area (Å²) in [6.45, 7) is 2.08. The zero-order valence-corrected chi connectivity index (χ0v) is 13.4. The van der Waals surface area contributed by atoms with Gasteiger partial charge in [0.25, 0.3) is 0 Å². The predicted octanol–water partition coefficient (Wildman–Crippen LogP) is 4.14. The summed E-state index contributed by atoms with van der Waals surface area (Å²) in [5.41, 5.74) is 1.18. The second kappa shape index (κ2) is 7.91. The van der Waals surface area contributed by atoms with Gasteiger partial charge in [-0.1, -0.05) is 25.0 Å². The molecule has 20 heavy (non-hydrogen) atoms. The molecule has 1 aliphatic carbocycles. The van der Waals surface area contributed by atoms with Gasteiger partial charge in [0.15, 0.2) is 6.29 Å². The van der Waals surface area contributed by atoms with E-state index in [-0.39, 0.29) is 12.3 Å². The topological polar surface area (TPSA) is 30.5 Å². The molecule has 0 spiro atoms. The van der Waals surface area contributed by atoms with Crippen molar-refractivity contribution in [2.75, 3.05) is 19.5 Å². The Bertz CT molecular complexity index is 403. The fourth-order valence-corrected chi connectivity index (χ4v) is 4.03. The van der Waals surface area contributed by atoms with E-state index in [4.69, 9.17) is 9.47 Å². The molecular formula is C16H25NO2S. The molecule has 0 aliphatic heterocycles. The minimum absolute atomic E-state index is 0.107. The lowest BCUT2D eigenvalue weighted by Crippen LogP contribution is -2.33. The van der Waals surface area contributed by atoms with Crippen molar-refractivity contribution in [3.8, 4) is 0 Å². The van der Waals surface area contributed by atoms with E-state index in [0.29, 0.717) is 0 Å². The van der Waals surface area contributed by atoms with Crippen LogP contribution in [-0.4, -0.2) is 31.8 Å². The molecule has 1 atom stereocenters. The summed E-state index contributed by atoms with van der Waals surface area (Å²) >= 11 is 2.00. The predicted molar refractivity (Wildman–Crippen MR) is 85.4 cm³/mol. The van der Waals surface area contributed by atoms with Gasteiger partial charge in [0.2, 0.25) is 0 Å². The smallest absolute Gasteiger partial charge is 0.176 e. The number of methoxy groups -OCH3 is 2. The fourth-order valence-electron chi connectivity index (χ4n) is 2.69. The van der Waals surface area contributed by atoms with Crippen LogP contribution >= 0.6 is 11.8 Å². The number of ether oxygens (including phenoxy) is 2. The molecule has 112 valence electrons. The Labute approximate surface area is 126 Å². The van der Waals surface area contributed by atoms with Gasteiger partial charge < -0.3 is 14.8 Å². The van der Waals surface area contributed by atoms with Crippen molar-refractivity contribution < 1.29 is 9.47 Å². The first-order valence-corrected chi connectivity index (χ1v) is 8.20. The van der Waals surface area contributed by atoms with Crippen LogP contribution in [0.3, 0.4) is 0 Å². The number of anilines is 1. The van der Waals surface area contributed by atoms with E-state index in [0.717, 1.165) is 5.25 Å². The third kappa shape index (κ3) is 4.14. The van der Waals surface area contributed by atoms with Gasteiger partial charge in [0, 0.05) is 30.1 Å². The number of nitrogens with one attached hydrogen (secondary N) is 1. The summed E-state index contributed by atoms with van der Waals surface area (Å²) in [5, 5.41) is 4.29. The summed E-state index contributed by atoms with van der Waals surface area (Å²) in [6.07, 6.45) is 5.19. The standard InChI is InChI=1S/C16H25NO2S/c1-12(16(18-2)19-3)17-14-10-6-7-11-15(14)20-13-8-4-5-9-13/h6-7,10-13,16-17H,4-5,8-9H2,1-3H3. The van der Waals surface area contributed by atoms with E-state index in [9.17, 15) is 0 Å². The van der Waals surface area contributed by atoms with Gasteiger partial charge in [-0.05, 0) is 31.9 Å². The molecule has 3 nitrogen and oxygen atoms in total. The molecule has 0 saturated heterocycles. The van der Waals surface area contributed by atoms with E-state index in [1.165, 1.54) is 36.3 Å². The lowest BCUT2D eigenvalue weighted by molar-refractivity contribution is -0.109. The zero-order valence-electron chi connectivity index (χ0n) is 12.6. The van der Waals surface area contributed by atoms with E-state index >= 15 is 0 Å². The van der Waals surface area contributed by atoms with Crippen LogP contribution in [0.2, 0.25) is 0 Å². The highest BCUT2D eigenvalue weighted by Crippen LogP contribution is 2.38. The molecule has 1 aromatic rings. The highest BCUT2D eigenvalue weighted by atomic mass is 32.2. The number of para-hydroxylation sites is 1. The molecule has 0 bridgehead atoms. The first kappa shape index (κ1) is 15.7. The first-order valence-electron chi connectivity index (χ1n) is 7.32. The van der Waals surface area contributed by atoms with E-state index < -0.39 is 0 Å². The van der Waals surface area contributed by atoms with Crippen molar-refractivity contribution in [1.29, 1.82) is 0 Å². The Hall–Kier alpha value is -0.710. The lowest BCUT2D eigenvalue weighted by atomic mass is 10.2. The van der Waals surface area contributed by atoms with Gasteiger partial charge in [-0.3, -0.25) is 0 Å². The van der Waals surface area contributed by atoms with Gasteiger partial charge in [-0.25, -0.2) is 0 Å². The zero-order chi connectivity index (χ0) is 14.4. The largest absolute Gasteiger partial charge is 0.377 e. The van der Waals surface area contributed by atoms with Gasteiger partial charge in [-0.15, -0.1) is 11.8 Å². The maximum Gasteiger partial charge on any atom is 0.176 e. The van der Waals surface area contributed by atoms with Gasteiger partial charge >= 0.3 is 0 Å². The Morgan fingerprint density at radius 1 is 1.15 bits per heavy atom. The first-order chi connectivity index (χ1) is 9.74. The summed E-state index contributed by atoms with van der Waals surface area (Å²) in [6, 6.07) is 8.62. The second-order valence-electron chi connectivity index (χ2n) is 5.29. The van der Waals surface area contributed by atoms with Crippen LogP contribution in [0.5, 0.6) is 0 Å². The Kier molecular flexibility index (Phi) is 6.20. The minimum atomic E-state index is -0.237. The van der Waals surface area contributed by atoms with Crippen LogP contribution in [0.1, 0.15) is 32.6 Å². The van der Waals surface area contributed by atoms with Crippen molar-refractivity contribution >= 4 is 17.4 Å². The average Bonchev–Trinajstić information content (AvgIpc) is 2.95. The van der Waals surface area contributed by atoms with Crippen molar-refractivity contribution in [3.63, 3.8) is 0 Å². The van der Waals surface area contributed by atoms with E-state index in [1.54, 1.807) is 14.2 Å².